The van der Waals surface area contributed by atoms with Gasteiger partial charge in [0.25, 0.3) is 15.9 Å². The number of hydrogen-bond acceptors (Lipinski definition) is 5. The molecular formula is C16H16Cl2N4O4S2. The van der Waals surface area contributed by atoms with Crippen LogP contribution in [0.2, 0.25) is 10.0 Å². The van der Waals surface area contributed by atoms with E-state index in [2.05, 4.69) is 5.32 Å². The molecule has 0 aliphatic carbocycles. The number of furan rings is 1. The standard InChI is InChI=1S/C16H16Cl2N4O4S2/c17-10-1-2-12(11(18)9-10)20-16(27)21-5-7-22(8-6-21)28(24,25)14-4-3-13(26-14)15(19)23/h1-4,9H,5-8H2,(H2,19,23)(H,20,27). The molecule has 1 saturated heterocycles. The zero-order chi connectivity index (χ0) is 20.5. The molecule has 0 bridgehead atoms. The molecule has 8 nitrogen and oxygen atoms in total. The van der Waals surface area contributed by atoms with Gasteiger partial charge in [-0.1, -0.05) is 23.2 Å². The smallest absolute Gasteiger partial charge is 0.284 e. The molecule has 1 aliphatic heterocycles. The van der Waals surface area contributed by atoms with Gasteiger partial charge in [-0.2, -0.15) is 4.31 Å². The van der Waals surface area contributed by atoms with Crippen LogP contribution < -0.4 is 11.1 Å². The Kier molecular flexibility index (Phi) is 6.15. The predicted octanol–water partition coefficient (Wildman–Crippen LogP) is 2.39. The average molecular weight is 463 g/mol. The molecule has 1 aliphatic rings. The van der Waals surface area contributed by atoms with Crippen molar-refractivity contribution in [3.05, 3.63) is 46.1 Å². The first kappa shape index (κ1) is 20.9. The van der Waals surface area contributed by atoms with E-state index in [-0.39, 0.29) is 23.9 Å². The SMILES string of the molecule is NC(=O)c1ccc(S(=O)(=O)N2CCN(C(=S)Nc3ccc(Cl)cc3Cl)CC2)o1. The number of carbonyl (C=O) groups is 1. The molecule has 28 heavy (non-hydrogen) atoms. The highest BCUT2D eigenvalue weighted by Crippen LogP contribution is 2.26. The highest BCUT2D eigenvalue weighted by atomic mass is 35.5. The summed E-state index contributed by atoms with van der Waals surface area (Å²) in [6.45, 7) is 1.15. The third-order valence-corrected chi connectivity index (χ3v) is 6.80. The Bertz CT molecular complexity index is 1020. The maximum absolute atomic E-state index is 12.7. The highest BCUT2D eigenvalue weighted by molar-refractivity contribution is 7.89. The molecule has 0 unspecified atom stereocenters. The van der Waals surface area contributed by atoms with Crippen LogP contribution in [-0.4, -0.2) is 54.8 Å². The number of hydrogen-bond donors (Lipinski definition) is 2. The Balaban J connectivity index is 1.63. The van der Waals surface area contributed by atoms with Gasteiger partial charge in [0, 0.05) is 31.2 Å². The summed E-state index contributed by atoms with van der Waals surface area (Å²) in [5, 5.41) is 4.09. The first-order chi connectivity index (χ1) is 13.2. The summed E-state index contributed by atoms with van der Waals surface area (Å²) in [7, 11) is -3.86. The van der Waals surface area contributed by atoms with Crippen molar-refractivity contribution in [3.63, 3.8) is 0 Å². The third kappa shape index (κ3) is 4.41. The highest BCUT2D eigenvalue weighted by Gasteiger charge is 2.32. The molecule has 1 fully saturated rings. The Morgan fingerprint density at radius 1 is 1.14 bits per heavy atom. The van der Waals surface area contributed by atoms with E-state index in [0.717, 1.165) is 0 Å². The predicted molar refractivity (Wildman–Crippen MR) is 110 cm³/mol. The Hall–Kier alpha value is -1.85. The van der Waals surface area contributed by atoms with Crippen LogP contribution in [0, 0.1) is 0 Å². The normalized spacial score (nSPS) is 15.4. The number of primary amides is 1. The van der Waals surface area contributed by atoms with Crippen molar-refractivity contribution in [3.8, 4) is 0 Å². The summed E-state index contributed by atoms with van der Waals surface area (Å²) < 4.78 is 31.6. The van der Waals surface area contributed by atoms with E-state index in [9.17, 15) is 13.2 Å². The quantitative estimate of drug-likeness (QED) is 0.671. The first-order valence-electron chi connectivity index (χ1n) is 8.09. The largest absolute Gasteiger partial charge is 0.438 e. The summed E-state index contributed by atoms with van der Waals surface area (Å²) in [4.78, 5) is 12.9. The summed E-state index contributed by atoms with van der Waals surface area (Å²) in [6.07, 6.45) is 0. The number of rotatable bonds is 4. The van der Waals surface area contributed by atoms with Crippen molar-refractivity contribution in [1.82, 2.24) is 9.21 Å². The van der Waals surface area contributed by atoms with Gasteiger partial charge in [-0.05, 0) is 42.5 Å². The number of carbonyl (C=O) groups excluding carboxylic acids is 1. The van der Waals surface area contributed by atoms with Gasteiger partial charge in [-0.15, -0.1) is 0 Å². The van der Waals surface area contributed by atoms with Gasteiger partial charge in [-0.3, -0.25) is 4.79 Å². The van der Waals surface area contributed by atoms with E-state index in [4.69, 9.17) is 45.6 Å². The van der Waals surface area contributed by atoms with E-state index in [1.165, 1.54) is 16.4 Å². The number of thiocarbonyl (C=S) groups is 1. The molecule has 1 amide bonds. The second-order valence-corrected chi connectivity index (χ2v) is 9.03. The zero-order valence-electron chi connectivity index (χ0n) is 14.4. The van der Waals surface area contributed by atoms with Gasteiger partial charge in [0.2, 0.25) is 5.09 Å². The van der Waals surface area contributed by atoms with Crippen molar-refractivity contribution < 1.29 is 17.6 Å². The molecule has 2 aromatic rings. The van der Waals surface area contributed by atoms with Crippen LogP contribution in [0.3, 0.4) is 0 Å². The molecular weight excluding hydrogens is 447 g/mol. The third-order valence-electron chi connectivity index (χ3n) is 4.12. The minimum absolute atomic E-state index is 0.200. The minimum atomic E-state index is -3.86. The lowest BCUT2D eigenvalue weighted by Crippen LogP contribution is -2.51. The molecule has 2 heterocycles. The van der Waals surface area contributed by atoms with Gasteiger partial charge in [-0.25, -0.2) is 8.42 Å². The number of benzene rings is 1. The van der Waals surface area contributed by atoms with Crippen LogP contribution >= 0.6 is 35.4 Å². The summed E-state index contributed by atoms with van der Waals surface area (Å²) >= 11 is 17.4. The Morgan fingerprint density at radius 2 is 1.82 bits per heavy atom. The number of nitrogens with one attached hydrogen (secondary N) is 1. The van der Waals surface area contributed by atoms with Crippen LogP contribution in [0.1, 0.15) is 10.6 Å². The number of sulfonamides is 1. The molecule has 3 rings (SSSR count). The van der Waals surface area contributed by atoms with E-state index >= 15 is 0 Å². The number of halogens is 2. The summed E-state index contributed by atoms with van der Waals surface area (Å²) in [6, 6.07) is 7.46. The fraction of sp³-hybridized carbons (Fsp3) is 0.250. The maximum Gasteiger partial charge on any atom is 0.284 e. The number of amides is 1. The van der Waals surface area contributed by atoms with Gasteiger partial charge in [0.15, 0.2) is 10.9 Å². The summed E-state index contributed by atoms with van der Waals surface area (Å²) in [5.74, 6) is -1.04. The summed E-state index contributed by atoms with van der Waals surface area (Å²) in [5.41, 5.74) is 5.71. The fourth-order valence-electron chi connectivity index (χ4n) is 2.64. The van der Waals surface area contributed by atoms with Crippen molar-refractivity contribution in [1.29, 1.82) is 0 Å². The molecule has 0 radical (unpaired) electrons. The van der Waals surface area contributed by atoms with E-state index in [1.54, 1.807) is 18.2 Å². The second-order valence-electron chi connectivity index (χ2n) is 5.93. The van der Waals surface area contributed by atoms with Gasteiger partial charge >= 0.3 is 0 Å². The van der Waals surface area contributed by atoms with Crippen LogP contribution in [0.25, 0.3) is 0 Å². The van der Waals surface area contributed by atoms with Crippen LogP contribution in [0.15, 0.2) is 39.8 Å². The van der Waals surface area contributed by atoms with Crippen LogP contribution in [-0.2, 0) is 10.0 Å². The number of nitrogens with two attached hydrogens (primary N) is 1. The van der Waals surface area contributed by atoms with Gasteiger partial charge in [0.05, 0.1) is 10.7 Å². The van der Waals surface area contributed by atoms with Gasteiger partial charge < -0.3 is 20.4 Å². The van der Waals surface area contributed by atoms with Crippen LogP contribution in [0.5, 0.6) is 0 Å². The lowest BCUT2D eigenvalue weighted by atomic mass is 10.3. The molecule has 1 aromatic heterocycles. The van der Waals surface area contributed by atoms with Crippen molar-refractivity contribution in [2.24, 2.45) is 5.73 Å². The van der Waals surface area contributed by atoms with E-state index < -0.39 is 15.9 Å². The number of piperazine rings is 1. The van der Waals surface area contributed by atoms with E-state index in [1.807, 2.05) is 4.90 Å². The molecule has 12 heteroatoms. The molecule has 150 valence electrons. The monoisotopic (exact) mass is 462 g/mol. The molecule has 0 atom stereocenters. The maximum atomic E-state index is 12.7. The second kappa shape index (κ2) is 8.26. The lowest BCUT2D eigenvalue weighted by Gasteiger charge is -2.35. The average Bonchev–Trinajstić information content (AvgIpc) is 3.15. The van der Waals surface area contributed by atoms with Gasteiger partial charge in [0.1, 0.15) is 0 Å². The molecule has 0 saturated carbocycles. The zero-order valence-corrected chi connectivity index (χ0v) is 17.5. The minimum Gasteiger partial charge on any atom is -0.438 e. The van der Waals surface area contributed by atoms with E-state index in [0.29, 0.717) is 33.9 Å². The Labute approximate surface area is 177 Å². The van der Waals surface area contributed by atoms with Crippen molar-refractivity contribution in [2.45, 2.75) is 5.09 Å². The van der Waals surface area contributed by atoms with Crippen molar-refractivity contribution in [2.75, 3.05) is 31.5 Å². The molecule has 3 N–H and O–H groups in total. The molecule has 0 spiro atoms. The topological polar surface area (TPSA) is 109 Å². The fourth-order valence-corrected chi connectivity index (χ4v) is 4.72. The van der Waals surface area contributed by atoms with Crippen molar-refractivity contribution >= 4 is 62.2 Å². The Morgan fingerprint density at radius 3 is 2.39 bits per heavy atom. The molecule has 1 aromatic carbocycles. The number of nitrogens with zero attached hydrogens (tertiary/aromatic N) is 2. The van der Waals surface area contributed by atoms with Crippen LogP contribution in [0.4, 0.5) is 5.69 Å². The number of anilines is 1. The first-order valence-corrected chi connectivity index (χ1v) is 10.7. The lowest BCUT2D eigenvalue weighted by molar-refractivity contribution is 0.0968.